The first-order chi connectivity index (χ1) is 9.31. The minimum Gasteiger partial charge on any atom is -0.347 e. The Hall–Kier alpha value is -1.14. The number of alkyl halides is 1. The zero-order chi connectivity index (χ0) is 15.0. The summed E-state index contributed by atoms with van der Waals surface area (Å²) in [5.74, 6) is 0.0466. The number of fused-ring (bicyclic) bond motifs is 1. The molecule has 1 aromatic carbocycles. The van der Waals surface area contributed by atoms with E-state index in [0.717, 1.165) is 0 Å². The fraction of sp³-hybridized carbons (Fsp3) is 0.385. The Labute approximate surface area is 129 Å². The highest BCUT2D eigenvalue weighted by Crippen LogP contribution is 2.28. The lowest BCUT2D eigenvalue weighted by molar-refractivity contribution is -0.129. The Kier molecular flexibility index (Phi) is 4.34. The Balaban J connectivity index is 2.62. The number of hydrogen-bond acceptors (Lipinski definition) is 2. The molecule has 0 saturated heterocycles. The molecule has 0 radical (unpaired) electrons. The Bertz CT molecular complexity index is 669. The van der Waals surface area contributed by atoms with Gasteiger partial charge in [-0.1, -0.05) is 0 Å². The van der Waals surface area contributed by atoms with Crippen LogP contribution in [0.15, 0.2) is 16.6 Å². The molecule has 108 valence electrons. The van der Waals surface area contributed by atoms with Crippen LogP contribution in [0.4, 0.5) is 4.39 Å². The predicted octanol–water partition coefficient (Wildman–Crippen LogP) is 3.33. The molecule has 1 amide bonds. The molecule has 1 aromatic heterocycles. The molecular formula is C13H14BrClFN3O. The van der Waals surface area contributed by atoms with Gasteiger partial charge in [0.25, 0.3) is 0 Å². The molecule has 7 heteroatoms. The van der Waals surface area contributed by atoms with E-state index >= 15 is 0 Å². The summed E-state index contributed by atoms with van der Waals surface area (Å²) in [5.41, 5.74) is 1.16. The fourth-order valence-corrected chi connectivity index (χ4v) is 2.38. The van der Waals surface area contributed by atoms with Gasteiger partial charge < -0.3 is 9.47 Å². The van der Waals surface area contributed by atoms with E-state index in [9.17, 15) is 9.18 Å². The Morgan fingerprint density at radius 3 is 2.75 bits per heavy atom. The van der Waals surface area contributed by atoms with Gasteiger partial charge in [0, 0.05) is 20.2 Å². The van der Waals surface area contributed by atoms with E-state index in [1.54, 1.807) is 31.7 Å². The summed E-state index contributed by atoms with van der Waals surface area (Å²) < 4.78 is 15.7. The van der Waals surface area contributed by atoms with Gasteiger partial charge in [-0.3, -0.25) is 4.79 Å². The Morgan fingerprint density at radius 2 is 2.20 bits per heavy atom. The van der Waals surface area contributed by atoms with Gasteiger partial charge >= 0.3 is 0 Å². The molecule has 0 N–H and O–H groups in total. The van der Waals surface area contributed by atoms with Crippen molar-refractivity contribution in [2.75, 3.05) is 14.1 Å². The Morgan fingerprint density at radius 1 is 1.55 bits per heavy atom. The largest absolute Gasteiger partial charge is 0.347 e. The maximum atomic E-state index is 13.7. The molecule has 0 aliphatic carbocycles. The molecule has 0 aliphatic heterocycles. The molecule has 0 bridgehead atoms. The number of halogens is 3. The van der Waals surface area contributed by atoms with E-state index < -0.39 is 5.82 Å². The molecule has 1 heterocycles. The van der Waals surface area contributed by atoms with Crippen molar-refractivity contribution in [3.8, 4) is 0 Å². The van der Waals surface area contributed by atoms with Crippen molar-refractivity contribution in [1.82, 2.24) is 14.5 Å². The van der Waals surface area contributed by atoms with Crippen molar-refractivity contribution in [2.24, 2.45) is 0 Å². The van der Waals surface area contributed by atoms with E-state index in [1.165, 1.54) is 11.0 Å². The summed E-state index contributed by atoms with van der Waals surface area (Å²) in [6, 6.07) is 2.95. The van der Waals surface area contributed by atoms with Crippen molar-refractivity contribution in [2.45, 2.75) is 18.8 Å². The van der Waals surface area contributed by atoms with Gasteiger partial charge in [-0.2, -0.15) is 0 Å². The van der Waals surface area contributed by atoms with Crippen molar-refractivity contribution in [1.29, 1.82) is 0 Å². The van der Waals surface area contributed by atoms with Crippen LogP contribution in [0.1, 0.15) is 18.1 Å². The zero-order valence-electron chi connectivity index (χ0n) is 11.3. The lowest BCUT2D eigenvalue weighted by Crippen LogP contribution is -2.27. The smallest absolute Gasteiger partial charge is 0.242 e. The van der Waals surface area contributed by atoms with E-state index in [4.69, 9.17) is 11.6 Å². The standard InChI is InChI=1S/C13H14BrClFN3O/c1-7(15)13-17-10-4-8(14)9(16)5-11(10)19(13)6-12(20)18(2)3/h4-5,7H,6H2,1-3H3. The van der Waals surface area contributed by atoms with Crippen molar-refractivity contribution in [3.05, 3.63) is 28.2 Å². The normalized spacial score (nSPS) is 12.7. The van der Waals surface area contributed by atoms with Crippen molar-refractivity contribution >= 4 is 44.5 Å². The van der Waals surface area contributed by atoms with E-state index in [-0.39, 0.29) is 17.8 Å². The van der Waals surface area contributed by atoms with Crippen LogP contribution in [0, 0.1) is 5.82 Å². The number of hydrogen-bond donors (Lipinski definition) is 0. The maximum Gasteiger partial charge on any atom is 0.242 e. The highest BCUT2D eigenvalue weighted by atomic mass is 79.9. The quantitative estimate of drug-likeness (QED) is 0.786. The van der Waals surface area contributed by atoms with Gasteiger partial charge in [0.1, 0.15) is 18.2 Å². The van der Waals surface area contributed by atoms with Crippen molar-refractivity contribution < 1.29 is 9.18 Å². The van der Waals surface area contributed by atoms with Crippen LogP contribution in [0.25, 0.3) is 11.0 Å². The summed E-state index contributed by atoms with van der Waals surface area (Å²) >= 11 is 9.24. The third kappa shape index (κ3) is 2.81. The van der Waals surface area contributed by atoms with Gasteiger partial charge in [0.15, 0.2) is 0 Å². The number of nitrogens with zero attached hydrogens (tertiary/aromatic N) is 3. The number of rotatable bonds is 3. The predicted molar refractivity (Wildman–Crippen MR) is 80.4 cm³/mol. The first kappa shape index (κ1) is 15.3. The number of benzene rings is 1. The lowest BCUT2D eigenvalue weighted by atomic mass is 10.3. The average Bonchev–Trinajstić information content (AvgIpc) is 2.68. The highest BCUT2D eigenvalue weighted by Gasteiger charge is 2.19. The number of likely N-dealkylation sites (N-methyl/N-ethyl adjacent to an activating group) is 1. The van der Waals surface area contributed by atoms with Crippen molar-refractivity contribution in [3.63, 3.8) is 0 Å². The summed E-state index contributed by atoms with van der Waals surface area (Å²) in [6.07, 6.45) is 0. The molecule has 4 nitrogen and oxygen atoms in total. The molecule has 1 atom stereocenters. The van der Waals surface area contributed by atoms with Crippen LogP contribution in [0.2, 0.25) is 0 Å². The number of carbonyl (C=O) groups excluding carboxylic acids is 1. The minimum absolute atomic E-state index is 0.0803. The van der Waals surface area contributed by atoms with Crippen LogP contribution in [-0.4, -0.2) is 34.5 Å². The third-order valence-electron chi connectivity index (χ3n) is 2.97. The summed E-state index contributed by atoms with van der Waals surface area (Å²) in [6.45, 7) is 1.85. The number of amides is 1. The van der Waals surface area contributed by atoms with Crippen LogP contribution in [0.3, 0.4) is 0 Å². The number of aromatic nitrogens is 2. The average molecular weight is 363 g/mol. The van der Waals surface area contributed by atoms with Crippen LogP contribution in [0.5, 0.6) is 0 Å². The van der Waals surface area contributed by atoms with E-state index in [0.29, 0.717) is 21.3 Å². The fourth-order valence-electron chi connectivity index (χ4n) is 1.89. The first-order valence-electron chi connectivity index (χ1n) is 6.00. The molecule has 20 heavy (non-hydrogen) atoms. The van der Waals surface area contributed by atoms with Gasteiger partial charge in [-0.25, -0.2) is 9.37 Å². The minimum atomic E-state index is -0.398. The first-order valence-corrected chi connectivity index (χ1v) is 7.23. The summed E-state index contributed by atoms with van der Waals surface area (Å²) in [4.78, 5) is 17.8. The monoisotopic (exact) mass is 361 g/mol. The molecule has 0 aliphatic rings. The molecular weight excluding hydrogens is 349 g/mol. The van der Waals surface area contributed by atoms with Crippen LogP contribution in [-0.2, 0) is 11.3 Å². The topological polar surface area (TPSA) is 38.1 Å². The van der Waals surface area contributed by atoms with E-state index in [1.807, 2.05) is 0 Å². The maximum absolute atomic E-state index is 13.7. The third-order valence-corrected chi connectivity index (χ3v) is 3.77. The zero-order valence-corrected chi connectivity index (χ0v) is 13.7. The van der Waals surface area contributed by atoms with E-state index in [2.05, 4.69) is 20.9 Å². The number of imidazole rings is 1. The van der Waals surface area contributed by atoms with Crippen LogP contribution < -0.4 is 0 Å². The van der Waals surface area contributed by atoms with Gasteiger partial charge in [-0.15, -0.1) is 11.6 Å². The van der Waals surface area contributed by atoms with Gasteiger partial charge in [0.2, 0.25) is 5.91 Å². The van der Waals surface area contributed by atoms with Crippen LogP contribution >= 0.6 is 27.5 Å². The second kappa shape index (κ2) is 5.69. The second-order valence-electron chi connectivity index (χ2n) is 4.72. The highest BCUT2D eigenvalue weighted by molar-refractivity contribution is 9.10. The van der Waals surface area contributed by atoms with Gasteiger partial charge in [0.05, 0.1) is 20.9 Å². The molecule has 2 aromatic rings. The SMILES string of the molecule is CC(Cl)c1nc2cc(Br)c(F)cc2n1CC(=O)N(C)C. The molecule has 2 rings (SSSR count). The number of carbonyl (C=O) groups is 1. The summed E-state index contributed by atoms with van der Waals surface area (Å²) in [5, 5.41) is -0.376. The molecule has 0 fully saturated rings. The van der Waals surface area contributed by atoms with Gasteiger partial charge in [-0.05, 0) is 28.9 Å². The lowest BCUT2D eigenvalue weighted by Gasteiger charge is -2.14. The molecule has 0 saturated carbocycles. The summed E-state index contributed by atoms with van der Waals surface area (Å²) in [7, 11) is 3.34. The molecule has 0 spiro atoms. The second-order valence-corrected chi connectivity index (χ2v) is 6.22. The molecule has 1 unspecified atom stereocenters.